The Kier molecular flexibility index (Phi) is 5.54. The molecule has 6 nitrogen and oxygen atoms in total. The molecule has 0 bridgehead atoms. The van der Waals surface area contributed by atoms with E-state index < -0.39 is 0 Å². The normalized spacial score (nSPS) is 10.7. The Balaban J connectivity index is 1.73. The average Bonchev–Trinajstić information content (AvgIpc) is 2.76. The minimum Gasteiger partial charge on any atom is -0.494 e. The van der Waals surface area contributed by atoms with Gasteiger partial charge in [-0.25, -0.2) is 4.98 Å². The summed E-state index contributed by atoms with van der Waals surface area (Å²) in [6, 6.07) is 23.5. The van der Waals surface area contributed by atoms with Crippen molar-refractivity contribution in [3.8, 4) is 5.75 Å². The zero-order valence-corrected chi connectivity index (χ0v) is 16.1. The van der Waals surface area contributed by atoms with Crippen LogP contribution in [0.1, 0.15) is 5.56 Å². The molecule has 4 rings (SSSR count). The van der Waals surface area contributed by atoms with Crippen molar-refractivity contribution < 1.29 is 9.84 Å². The van der Waals surface area contributed by atoms with E-state index in [1.165, 1.54) is 0 Å². The summed E-state index contributed by atoms with van der Waals surface area (Å²) in [7, 11) is 1.63. The number of benzene rings is 3. The van der Waals surface area contributed by atoms with Crippen molar-refractivity contribution in [1.82, 2.24) is 9.97 Å². The molecule has 0 saturated heterocycles. The molecular weight excluding hydrogens is 364 g/mol. The number of aliphatic hydroxyl groups is 1. The number of aliphatic hydroxyl groups excluding tert-OH is 1. The van der Waals surface area contributed by atoms with Gasteiger partial charge in [-0.3, -0.25) is 0 Å². The summed E-state index contributed by atoms with van der Waals surface area (Å²) in [6.07, 6.45) is 0.634. The van der Waals surface area contributed by atoms with Gasteiger partial charge in [0.05, 0.1) is 7.11 Å². The first-order chi connectivity index (χ1) is 14.3. The van der Waals surface area contributed by atoms with Crippen molar-refractivity contribution in [1.29, 1.82) is 0 Å². The summed E-state index contributed by atoms with van der Waals surface area (Å²) >= 11 is 0. The highest BCUT2D eigenvalue weighted by atomic mass is 16.5. The molecule has 0 atom stereocenters. The van der Waals surface area contributed by atoms with Gasteiger partial charge in [-0.1, -0.05) is 36.4 Å². The summed E-state index contributed by atoms with van der Waals surface area (Å²) < 4.78 is 5.51. The van der Waals surface area contributed by atoms with E-state index in [1.807, 2.05) is 72.8 Å². The second-order valence-electron chi connectivity index (χ2n) is 6.54. The van der Waals surface area contributed by atoms with Gasteiger partial charge in [0.25, 0.3) is 0 Å². The van der Waals surface area contributed by atoms with Crippen LogP contribution in [-0.2, 0) is 6.42 Å². The van der Waals surface area contributed by atoms with E-state index in [4.69, 9.17) is 14.8 Å². The molecule has 0 aliphatic heterocycles. The molecular formula is C23H22N4O2. The monoisotopic (exact) mass is 386 g/mol. The Morgan fingerprint density at radius 2 is 1.59 bits per heavy atom. The zero-order chi connectivity index (χ0) is 20.1. The topological polar surface area (TPSA) is 79.3 Å². The van der Waals surface area contributed by atoms with Crippen LogP contribution in [0.5, 0.6) is 5.75 Å². The fourth-order valence-corrected chi connectivity index (χ4v) is 3.11. The Labute approximate surface area is 169 Å². The highest BCUT2D eigenvalue weighted by Gasteiger charge is 2.12. The van der Waals surface area contributed by atoms with Crippen LogP contribution in [0.2, 0.25) is 0 Å². The summed E-state index contributed by atoms with van der Waals surface area (Å²) in [6.45, 7) is 0.134. The van der Waals surface area contributed by atoms with Gasteiger partial charge in [0.2, 0.25) is 5.95 Å². The number of aromatic nitrogens is 2. The zero-order valence-electron chi connectivity index (χ0n) is 16.1. The molecule has 3 aromatic carbocycles. The predicted octanol–water partition coefficient (Wildman–Crippen LogP) is 4.66. The van der Waals surface area contributed by atoms with Gasteiger partial charge in [0.15, 0.2) is 0 Å². The molecule has 6 heteroatoms. The van der Waals surface area contributed by atoms with Gasteiger partial charge >= 0.3 is 0 Å². The SMILES string of the molecule is COc1cccc2c(Nc3ccccc3)nc(Nc3ccc(CCO)cc3)nc12. The lowest BCUT2D eigenvalue weighted by atomic mass is 10.1. The summed E-state index contributed by atoms with van der Waals surface area (Å²) in [5.41, 5.74) is 3.61. The second-order valence-corrected chi connectivity index (χ2v) is 6.54. The number of anilines is 4. The maximum absolute atomic E-state index is 9.07. The third-order valence-corrected chi connectivity index (χ3v) is 4.56. The van der Waals surface area contributed by atoms with E-state index >= 15 is 0 Å². The van der Waals surface area contributed by atoms with E-state index in [9.17, 15) is 0 Å². The Morgan fingerprint density at radius 3 is 2.31 bits per heavy atom. The molecule has 0 radical (unpaired) electrons. The molecule has 1 heterocycles. The Bertz CT molecular complexity index is 1100. The van der Waals surface area contributed by atoms with Gasteiger partial charge in [0, 0.05) is 23.4 Å². The molecule has 0 saturated carbocycles. The number of methoxy groups -OCH3 is 1. The van der Waals surface area contributed by atoms with Gasteiger partial charge in [-0.15, -0.1) is 0 Å². The summed E-state index contributed by atoms with van der Waals surface area (Å²) in [5.74, 6) is 1.84. The van der Waals surface area contributed by atoms with Gasteiger partial charge < -0.3 is 20.5 Å². The van der Waals surface area contributed by atoms with E-state index in [0.717, 1.165) is 27.8 Å². The van der Waals surface area contributed by atoms with Gasteiger partial charge in [-0.2, -0.15) is 4.98 Å². The largest absolute Gasteiger partial charge is 0.494 e. The highest BCUT2D eigenvalue weighted by molar-refractivity contribution is 5.95. The third-order valence-electron chi connectivity index (χ3n) is 4.56. The van der Waals surface area contributed by atoms with Crippen LogP contribution in [0.15, 0.2) is 72.8 Å². The molecule has 146 valence electrons. The molecule has 3 N–H and O–H groups in total. The van der Waals surface area contributed by atoms with Crippen molar-refractivity contribution in [2.45, 2.75) is 6.42 Å². The molecule has 4 aromatic rings. The van der Waals surface area contributed by atoms with E-state index in [-0.39, 0.29) is 6.61 Å². The quantitative estimate of drug-likeness (QED) is 0.429. The Morgan fingerprint density at radius 1 is 0.828 bits per heavy atom. The number of hydrogen-bond donors (Lipinski definition) is 3. The van der Waals surface area contributed by atoms with Gasteiger partial charge in [-0.05, 0) is 48.4 Å². The number of nitrogens with one attached hydrogen (secondary N) is 2. The van der Waals surface area contributed by atoms with E-state index in [2.05, 4.69) is 15.6 Å². The van der Waals surface area contributed by atoms with Crippen LogP contribution < -0.4 is 15.4 Å². The highest BCUT2D eigenvalue weighted by Crippen LogP contribution is 2.31. The van der Waals surface area contributed by atoms with Gasteiger partial charge in [0.1, 0.15) is 17.1 Å². The minimum atomic E-state index is 0.134. The number of ether oxygens (including phenoxy) is 1. The fourth-order valence-electron chi connectivity index (χ4n) is 3.11. The maximum atomic E-state index is 9.07. The predicted molar refractivity (Wildman–Crippen MR) is 116 cm³/mol. The standard InChI is InChI=1S/C23H22N4O2/c1-29-20-9-5-8-19-21(20)26-23(25-18-12-10-16(11-13-18)14-15-28)27-22(19)24-17-6-3-2-4-7-17/h2-13,28H,14-15H2,1H3,(H2,24,25,26,27). The average molecular weight is 386 g/mol. The summed E-state index contributed by atoms with van der Waals surface area (Å²) in [5, 5.41) is 16.6. The third kappa shape index (κ3) is 4.28. The lowest BCUT2D eigenvalue weighted by molar-refractivity contribution is 0.299. The fraction of sp³-hybridized carbons (Fsp3) is 0.130. The lowest BCUT2D eigenvalue weighted by Crippen LogP contribution is -2.03. The van der Waals surface area contributed by atoms with Crippen molar-refractivity contribution in [2.24, 2.45) is 0 Å². The first kappa shape index (κ1) is 18.7. The molecule has 0 aliphatic carbocycles. The van der Waals surface area contributed by atoms with Crippen molar-refractivity contribution >= 4 is 34.0 Å². The number of para-hydroxylation sites is 2. The second kappa shape index (κ2) is 8.58. The number of rotatable bonds is 7. The first-order valence-corrected chi connectivity index (χ1v) is 9.40. The van der Waals surface area contributed by atoms with Crippen molar-refractivity contribution in [3.05, 3.63) is 78.4 Å². The van der Waals surface area contributed by atoms with Crippen molar-refractivity contribution in [3.63, 3.8) is 0 Å². The smallest absolute Gasteiger partial charge is 0.229 e. The van der Waals surface area contributed by atoms with Crippen LogP contribution in [0.25, 0.3) is 10.9 Å². The molecule has 0 spiro atoms. The molecule has 0 amide bonds. The molecule has 0 fully saturated rings. The van der Waals surface area contributed by atoms with Crippen LogP contribution in [-0.4, -0.2) is 28.8 Å². The minimum absolute atomic E-state index is 0.134. The molecule has 0 unspecified atom stereocenters. The van der Waals surface area contributed by atoms with Crippen LogP contribution in [0, 0.1) is 0 Å². The molecule has 1 aromatic heterocycles. The molecule has 0 aliphatic rings. The summed E-state index contributed by atoms with van der Waals surface area (Å²) in [4.78, 5) is 9.37. The van der Waals surface area contributed by atoms with Crippen LogP contribution in [0.4, 0.5) is 23.1 Å². The Hall–Kier alpha value is -3.64. The number of fused-ring (bicyclic) bond motifs is 1. The number of nitrogens with zero attached hydrogens (tertiary/aromatic N) is 2. The van der Waals surface area contributed by atoms with Crippen molar-refractivity contribution in [2.75, 3.05) is 24.4 Å². The van der Waals surface area contributed by atoms with E-state index in [1.54, 1.807) is 7.11 Å². The first-order valence-electron chi connectivity index (χ1n) is 9.40. The van der Waals surface area contributed by atoms with E-state index in [0.29, 0.717) is 23.9 Å². The van der Waals surface area contributed by atoms with Crippen LogP contribution in [0.3, 0.4) is 0 Å². The van der Waals surface area contributed by atoms with Crippen LogP contribution >= 0.6 is 0 Å². The maximum Gasteiger partial charge on any atom is 0.229 e. The lowest BCUT2D eigenvalue weighted by Gasteiger charge is -2.14. The number of hydrogen-bond acceptors (Lipinski definition) is 6. The molecule has 29 heavy (non-hydrogen) atoms.